The highest BCUT2D eigenvalue weighted by Crippen LogP contribution is 2.28. The number of anilines is 3. The zero-order valence-corrected chi connectivity index (χ0v) is 17.8. The average molecular weight is 425 g/mol. The first-order chi connectivity index (χ1) is 15.7. The predicted octanol–water partition coefficient (Wildman–Crippen LogP) is 4.42. The highest BCUT2D eigenvalue weighted by molar-refractivity contribution is 5.63. The normalized spacial score (nSPS) is 14.0. The second-order valence-corrected chi connectivity index (χ2v) is 7.82. The average Bonchev–Trinajstić information content (AvgIpc) is 2.85. The summed E-state index contributed by atoms with van der Waals surface area (Å²) in [5, 5.41) is 3.37. The molecule has 1 aliphatic heterocycles. The fourth-order valence-electron chi connectivity index (χ4n) is 3.96. The van der Waals surface area contributed by atoms with Gasteiger partial charge in [-0.3, -0.25) is 14.3 Å². The van der Waals surface area contributed by atoms with Gasteiger partial charge in [-0.2, -0.15) is 4.98 Å². The molecule has 1 N–H and O–H groups in total. The predicted molar refractivity (Wildman–Crippen MR) is 126 cm³/mol. The lowest BCUT2D eigenvalue weighted by Crippen LogP contribution is -2.36. The standard InChI is InChI=1S/C25H24N6O/c1-18(19-9-4-2-5-10-19)27-24-26-14-13-22(29-24)30-15-8-16-31-23(32)17-21(28-25(30)31)20-11-6-3-7-12-20/h2-7,9-14,17-18H,8,15-16H2,1H3,(H,26,27,29)/t18-/m0/s1. The van der Waals surface area contributed by atoms with Crippen LogP contribution in [0.5, 0.6) is 0 Å². The maximum atomic E-state index is 12.9. The van der Waals surface area contributed by atoms with Gasteiger partial charge in [-0.25, -0.2) is 9.97 Å². The topological polar surface area (TPSA) is 75.9 Å². The Morgan fingerprint density at radius 2 is 1.69 bits per heavy atom. The Morgan fingerprint density at radius 3 is 2.47 bits per heavy atom. The number of aromatic nitrogens is 4. The van der Waals surface area contributed by atoms with Crippen LogP contribution >= 0.6 is 0 Å². The molecule has 0 amide bonds. The summed E-state index contributed by atoms with van der Waals surface area (Å²) in [5.41, 5.74) is 2.69. The van der Waals surface area contributed by atoms with Crippen molar-refractivity contribution in [2.45, 2.75) is 25.9 Å². The van der Waals surface area contributed by atoms with Gasteiger partial charge < -0.3 is 5.32 Å². The van der Waals surface area contributed by atoms with Crippen LogP contribution in [0, 0.1) is 0 Å². The summed E-state index contributed by atoms with van der Waals surface area (Å²) in [5.74, 6) is 1.87. The molecule has 0 saturated heterocycles. The van der Waals surface area contributed by atoms with Gasteiger partial charge in [0.2, 0.25) is 11.9 Å². The molecule has 1 atom stereocenters. The fourth-order valence-corrected chi connectivity index (χ4v) is 3.96. The summed E-state index contributed by atoms with van der Waals surface area (Å²) in [7, 11) is 0. The summed E-state index contributed by atoms with van der Waals surface area (Å²) in [6.07, 6.45) is 2.58. The van der Waals surface area contributed by atoms with Crippen molar-refractivity contribution in [3.63, 3.8) is 0 Å². The molecule has 32 heavy (non-hydrogen) atoms. The summed E-state index contributed by atoms with van der Waals surface area (Å²) in [6, 6.07) is 23.5. The number of hydrogen-bond donors (Lipinski definition) is 1. The molecule has 0 aliphatic carbocycles. The number of nitrogens with zero attached hydrogens (tertiary/aromatic N) is 5. The molecule has 2 aromatic carbocycles. The van der Waals surface area contributed by atoms with Crippen LogP contribution in [-0.4, -0.2) is 26.1 Å². The van der Waals surface area contributed by atoms with E-state index in [2.05, 4.69) is 29.4 Å². The molecule has 1 aliphatic rings. The van der Waals surface area contributed by atoms with E-state index >= 15 is 0 Å². The minimum atomic E-state index is -0.0522. The van der Waals surface area contributed by atoms with E-state index < -0.39 is 0 Å². The smallest absolute Gasteiger partial charge is 0.255 e. The zero-order valence-electron chi connectivity index (χ0n) is 17.8. The van der Waals surface area contributed by atoms with E-state index in [0.717, 1.165) is 24.1 Å². The highest BCUT2D eigenvalue weighted by Gasteiger charge is 2.23. The van der Waals surface area contributed by atoms with Gasteiger partial charge in [0, 0.05) is 30.9 Å². The number of rotatable bonds is 5. The number of hydrogen-bond acceptors (Lipinski definition) is 6. The molecular formula is C25H24N6O. The minimum Gasteiger partial charge on any atom is -0.348 e. The molecule has 0 spiro atoms. The third kappa shape index (κ3) is 3.97. The van der Waals surface area contributed by atoms with Gasteiger partial charge >= 0.3 is 0 Å². The second-order valence-electron chi connectivity index (χ2n) is 7.82. The first kappa shape index (κ1) is 19.9. The third-order valence-electron chi connectivity index (χ3n) is 5.63. The van der Waals surface area contributed by atoms with Crippen molar-refractivity contribution in [3.05, 3.63) is 94.9 Å². The number of fused-ring (bicyclic) bond motifs is 1. The molecule has 0 bridgehead atoms. The van der Waals surface area contributed by atoms with Crippen LogP contribution < -0.4 is 15.8 Å². The summed E-state index contributed by atoms with van der Waals surface area (Å²) in [6.45, 7) is 3.46. The Bertz CT molecular complexity index is 1270. The Kier molecular flexibility index (Phi) is 5.37. The maximum Gasteiger partial charge on any atom is 0.255 e. The summed E-state index contributed by atoms with van der Waals surface area (Å²) in [4.78, 5) is 28.8. The van der Waals surface area contributed by atoms with Crippen molar-refractivity contribution in [2.24, 2.45) is 0 Å². The quantitative estimate of drug-likeness (QED) is 0.511. The first-order valence-corrected chi connectivity index (χ1v) is 10.8. The largest absolute Gasteiger partial charge is 0.348 e. The Morgan fingerprint density at radius 1 is 0.938 bits per heavy atom. The van der Waals surface area contributed by atoms with E-state index in [1.165, 1.54) is 0 Å². The lowest BCUT2D eigenvalue weighted by Gasteiger charge is -2.30. The Balaban J connectivity index is 1.49. The Labute approximate surface area is 186 Å². The lowest BCUT2D eigenvalue weighted by molar-refractivity contribution is 0.561. The molecule has 0 radical (unpaired) electrons. The first-order valence-electron chi connectivity index (χ1n) is 10.8. The maximum absolute atomic E-state index is 12.9. The highest BCUT2D eigenvalue weighted by atomic mass is 16.1. The van der Waals surface area contributed by atoms with Gasteiger partial charge in [0.1, 0.15) is 5.82 Å². The summed E-state index contributed by atoms with van der Waals surface area (Å²) >= 11 is 0. The second kappa shape index (κ2) is 8.63. The summed E-state index contributed by atoms with van der Waals surface area (Å²) < 4.78 is 1.72. The van der Waals surface area contributed by atoms with Gasteiger partial charge in [-0.05, 0) is 25.0 Å². The van der Waals surface area contributed by atoms with Crippen molar-refractivity contribution in [3.8, 4) is 11.3 Å². The molecule has 0 unspecified atom stereocenters. The van der Waals surface area contributed by atoms with E-state index in [1.54, 1.807) is 16.8 Å². The van der Waals surface area contributed by atoms with Crippen molar-refractivity contribution in [1.82, 2.24) is 19.5 Å². The van der Waals surface area contributed by atoms with E-state index in [-0.39, 0.29) is 11.6 Å². The molecule has 7 nitrogen and oxygen atoms in total. The van der Waals surface area contributed by atoms with Gasteiger partial charge in [0.25, 0.3) is 5.56 Å². The van der Waals surface area contributed by atoms with Gasteiger partial charge in [-0.1, -0.05) is 60.7 Å². The van der Waals surface area contributed by atoms with Gasteiger partial charge in [0.05, 0.1) is 11.7 Å². The van der Waals surface area contributed by atoms with Crippen LogP contribution in [-0.2, 0) is 6.54 Å². The monoisotopic (exact) mass is 424 g/mol. The zero-order chi connectivity index (χ0) is 21.9. The van der Waals surface area contributed by atoms with Crippen molar-refractivity contribution in [2.75, 3.05) is 16.8 Å². The van der Waals surface area contributed by atoms with Crippen LogP contribution in [0.1, 0.15) is 24.9 Å². The van der Waals surface area contributed by atoms with E-state index in [4.69, 9.17) is 9.97 Å². The number of benzene rings is 2. The molecule has 7 heteroatoms. The van der Waals surface area contributed by atoms with Crippen LogP contribution in [0.4, 0.5) is 17.7 Å². The van der Waals surface area contributed by atoms with Crippen LogP contribution in [0.3, 0.4) is 0 Å². The van der Waals surface area contributed by atoms with Crippen molar-refractivity contribution >= 4 is 17.7 Å². The van der Waals surface area contributed by atoms with Crippen LogP contribution in [0.2, 0.25) is 0 Å². The van der Waals surface area contributed by atoms with E-state index in [9.17, 15) is 4.79 Å². The SMILES string of the molecule is C[C@H](Nc1nccc(N2CCCn3c2nc(-c2ccccc2)cc3=O)n1)c1ccccc1. The molecule has 0 saturated carbocycles. The molecule has 5 rings (SSSR count). The van der Waals surface area contributed by atoms with Crippen LogP contribution in [0.15, 0.2) is 83.8 Å². The Hall–Kier alpha value is -4.00. The van der Waals surface area contributed by atoms with E-state index in [1.807, 2.05) is 59.5 Å². The fraction of sp³-hybridized carbons (Fsp3) is 0.200. The van der Waals surface area contributed by atoms with Gasteiger partial charge in [0.15, 0.2) is 0 Å². The van der Waals surface area contributed by atoms with Crippen LogP contribution in [0.25, 0.3) is 11.3 Å². The molecule has 160 valence electrons. The minimum absolute atomic E-state index is 0.0522. The van der Waals surface area contributed by atoms with E-state index in [0.29, 0.717) is 30.0 Å². The molecule has 4 aromatic rings. The molecule has 2 aromatic heterocycles. The molecular weight excluding hydrogens is 400 g/mol. The lowest BCUT2D eigenvalue weighted by atomic mass is 10.1. The van der Waals surface area contributed by atoms with Gasteiger partial charge in [-0.15, -0.1) is 0 Å². The third-order valence-corrected chi connectivity index (χ3v) is 5.63. The molecule has 3 heterocycles. The van der Waals surface area contributed by atoms with Crippen molar-refractivity contribution in [1.29, 1.82) is 0 Å². The molecule has 0 fully saturated rings. The number of nitrogens with one attached hydrogen (secondary N) is 1. The van der Waals surface area contributed by atoms with Crippen molar-refractivity contribution < 1.29 is 0 Å².